The number of nitrogens with one attached hydrogen (secondary N) is 1. The van der Waals surface area contributed by atoms with Gasteiger partial charge in [-0.2, -0.15) is 4.98 Å². The first kappa shape index (κ1) is 25.6. The molecule has 0 radical (unpaired) electrons. The number of pyridine rings is 1. The van der Waals surface area contributed by atoms with Gasteiger partial charge in [-0.3, -0.25) is 4.79 Å². The average Bonchev–Trinajstić information content (AvgIpc) is 3.26. The van der Waals surface area contributed by atoms with Crippen LogP contribution in [0, 0.1) is 19.8 Å². The van der Waals surface area contributed by atoms with Crippen molar-refractivity contribution in [3.63, 3.8) is 0 Å². The van der Waals surface area contributed by atoms with E-state index in [-0.39, 0.29) is 13.2 Å². The number of aliphatic hydroxyl groups is 2. The maximum absolute atomic E-state index is 11.1. The molecule has 3 rings (SSSR count). The highest BCUT2D eigenvalue weighted by molar-refractivity contribution is 6.29. The molecular formula is C24H29ClN4O5. The number of carbonyl (C=O) groups is 1. The van der Waals surface area contributed by atoms with Crippen LogP contribution in [-0.4, -0.2) is 57.1 Å². The first-order chi connectivity index (χ1) is 16.2. The van der Waals surface area contributed by atoms with Gasteiger partial charge in [-0.25, -0.2) is 4.98 Å². The molecule has 0 bridgehead atoms. The minimum Gasteiger partial charge on any atom is -0.490 e. The summed E-state index contributed by atoms with van der Waals surface area (Å²) in [4.78, 5) is 20.0. The van der Waals surface area contributed by atoms with E-state index in [2.05, 4.69) is 34.3 Å². The average molecular weight is 489 g/mol. The second-order valence-corrected chi connectivity index (χ2v) is 8.94. The van der Waals surface area contributed by atoms with Gasteiger partial charge in [0.25, 0.3) is 5.89 Å². The highest BCUT2D eigenvalue weighted by atomic mass is 35.5. The van der Waals surface area contributed by atoms with E-state index in [4.69, 9.17) is 26.0 Å². The predicted octanol–water partition coefficient (Wildman–Crippen LogP) is 3.12. The summed E-state index contributed by atoms with van der Waals surface area (Å²) in [7, 11) is 0. The van der Waals surface area contributed by atoms with E-state index < -0.39 is 18.6 Å². The fourth-order valence-corrected chi connectivity index (χ4v) is 3.71. The fraction of sp³-hybridized carbons (Fsp3) is 0.417. The molecule has 0 aliphatic rings. The molecule has 0 saturated heterocycles. The molecule has 3 N–H and O–H groups in total. The van der Waals surface area contributed by atoms with E-state index >= 15 is 0 Å². The Bertz CT molecular complexity index is 1130. The lowest BCUT2D eigenvalue weighted by atomic mass is 10.0. The van der Waals surface area contributed by atoms with Crippen LogP contribution in [0.1, 0.15) is 30.7 Å². The number of aliphatic hydroxyl groups excluding tert-OH is 2. The molecule has 0 fully saturated rings. The standard InChI is InChI=1S/C24H29ClN4O5/c1-13(2)5-18-8-17(9-20(25)27-18)24-28-23(29-34-24)16-6-14(3)22(15(4)7-16)33-12-19(31)10-26-21(32)11-30/h6-9,13,19,30-31H,5,10-12H2,1-4H3,(H,26,32)/t19-/m0/s1. The van der Waals surface area contributed by atoms with Crippen LogP contribution >= 0.6 is 11.6 Å². The van der Waals surface area contributed by atoms with Gasteiger partial charge in [-0.1, -0.05) is 30.6 Å². The van der Waals surface area contributed by atoms with Crippen LogP contribution in [0.4, 0.5) is 0 Å². The Morgan fingerprint density at radius 2 is 1.85 bits per heavy atom. The number of aromatic nitrogens is 3. The smallest absolute Gasteiger partial charge is 0.258 e. The van der Waals surface area contributed by atoms with Gasteiger partial charge in [0.1, 0.15) is 30.2 Å². The molecular weight excluding hydrogens is 460 g/mol. The van der Waals surface area contributed by atoms with E-state index in [0.29, 0.717) is 34.1 Å². The number of aryl methyl sites for hydroxylation is 2. The second-order valence-electron chi connectivity index (χ2n) is 8.56. The number of ether oxygens (including phenoxy) is 1. The minimum atomic E-state index is -0.915. The number of halogens is 1. The predicted molar refractivity (Wildman–Crippen MR) is 128 cm³/mol. The Balaban J connectivity index is 1.75. The third-order valence-electron chi connectivity index (χ3n) is 4.95. The summed E-state index contributed by atoms with van der Waals surface area (Å²) >= 11 is 6.20. The van der Waals surface area contributed by atoms with Crippen LogP contribution in [0.3, 0.4) is 0 Å². The molecule has 0 saturated carbocycles. The minimum absolute atomic E-state index is 0.0133. The first-order valence-corrected chi connectivity index (χ1v) is 11.3. The first-order valence-electron chi connectivity index (χ1n) is 11.0. The van der Waals surface area contributed by atoms with Gasteiger partial charge in [0.05, 0.1) is 0 Å². The van der Waals surface area contributed by atoms with Gasteiger partial charge >= 0.3 is 0 Å². The lowest BCUT2D eigenvalue weighted by Gasteiger charge is -2.16. The molecule has 0 spiro atoms. The molecule has 1 atom stereocenters. The van der Waals surface area contributed by atoms with Gasteiger partial charge < -0.3 is 24.8 Å². The molecule has 0 aliphatic heterocycles. The molecule has 182 valence electrons. The number of nitrogens with zero attached hydrogens (tertiary/aromatic N) is 3. The zero-order chi connectivity index (χ0) is 24.8. The van der Waals surface area contributed by atoms with Crippen molar-refractivity contribution < 1.29 is 24.3 Å². The Morgan fingerprint density at radius 1 is 1.15 bits per heavy atom. The van der Waals surface area contributed by atoms with Crippen molar-refractivity contribution in [2.75, 3.05) is 19.8 Å². The highest BCUT2D eigenvalue weighted by Crippen LogP contribution is 2.31. The molecule has 2 aromatic heterocycles. The summed E-state index contributed by atoms with van der Waals surface area (Å²) in [5, 5.41) is 25.6. The van der Waals surface area contributed by atoms with E-state index in [1.54, 1.807) is 6.07 Å². The third kappa shape index (κ3) is 6.75. The summed E-state index contributed by atoms with van der Waals surface area (Å²) in [5.41, 5.74) is 4.00. The SMILES string of the molecule is Cc1cc(-c2noc(-c3cc(Cl)nc(CC(C)C)c3)n2)cc(C)c1OC[C@@H](O)CNC(=O)CO. The maximum atomic E-state index is 11.1. The molecule has 2 heterocycles. The van der Waals surface area contributed by atoms with Gasteiger partial charge in [-0.05, 0) is 61.6 Å². The van der Waals surface area contributed by atoms with Crippen LogP contribution in [0.25, 0.3) is 22.8 Å². The molecule has 9 nitrogen and oxygen atoms in total. The van der Waals surface area contributed by atoms with Crippen molar-refractivity contribution in [3.8, 4) is 28.6 Å². The zero-order valence-electron chi connectivity index (χ0n) is 19.6. The maximum Gasteiger partial charge on any atom is 0.258 e. The van der Waals surface area contributed by atoms with E-state index in [1.807, 2.05) is 32.0 Å². The third-order valence-corrected chi connectivity index (χ3v) is 5.15. The quantitative estimate of drug-likeness (QED) is 0.371. The van der Waals surface area contributed by atoms with Crippen LogP contribution in [0.15, 0.2) is 28.8 Å². The molecule has 1 aromatic carbocycles. The number of carbonyl (C=O) groups excluding carboxylic acids is 1. The van der Waals surface area contributed by atoms with Crippen LogP contribution in [0.5, 0.6) is 5.75 Å². The number of hydrogen-bond acceptors (Lipinski definition) is 8. The summed E-state index contributed by atoms with van der Waals surface area (Å²) in [6, 6.07) is 7.36. The monoisotopic (exact) mass is 488 g/mol. The number of benzene rings is 1. The van der Waals surface area contributed by atoms with Crippen molar-refractivity contribution >= 4 is 17.5 Å². The van der Waals surface area contributed by atoms with E-state index in [9.17, 15) is 9.90 Å². The summed E-state index contributed by atoms with van der Waals surface area (Å²) in [6.07, 6.45) is -0.127. The normalized spacial score (nSPS) is 12.1. The van der Waals surface area contributed by atoms with Crippen LogP contribution in [0.2, 0.25) is 5.15 Å². The largest absolute Gasteiger partial charge is 0.490 e. The fourth-order valence-electron chi connectivity index (χ4n) is 3.49. The number of amides is 1. The molecule has 0 unspecified atom stereocenters. The van der Waals surface area contributed by atoms with Crippen LogP contribution < -0.4 is 10.1 Å². The topological polar surface area (TPSA) is 131 Å². The van der Waals surface area contributed by atoms with Crippen molar-refractivity contribution in [2.24, 2.45) is 5.92 Å². The van der Waals surface area contributed by atoms with Gasteiger partial charge in [0.2, 0.25) is 11.7 Å². The van der Waals surface area contributed by atoms with E-state index in [0.717, 1.165) is 28.8 Å². The molecule has 10 heteroatoms. The Hall–Kier alpha value is -3.01. The number of hydrogen-bond donors (Lipinski definition) is 3. The summed E-state index contributed by atoms with van der Waals surface area (Å²) in [6.45, 7) is 7.33. The highest BCUT2D eigenvalue weighted by Gasteiger charge is 2.16. The second kappa shape index (κ2) is 11.4. The Morgan fingerprint density at radius 3 is 2.50 bits per heavy atom. The van der Waals surface area contributed by atoms with Gasteiger partial charge in [-0.15, -0.1) is 0 Å². The Labute approximate surface area is 203 Å². The summed E-state index contributed by atoms with van der Waals surface area (Å²) < 4.78 is 11.3. The Kier molecular flexibility index (Phi) is 8.60. The van der Waals surface area contributed by atoms with Crippen LogP contribution in [-0.2, 0) is 11.2 Å². The van der Waals surface area contributed by atoms with Gasteiger partial charge in [0.15, 0.2) is 0 Å². The van der Waals surface area contributed by atoms with Crippen molar-refractivity contribution in [3.05, 3.63) is 46.2 Å². The van der Waals surface area contributed by atoms with Gasteiger partial charge in [0, 0.05) is 23.4 Å². The lowest BCUT2D eigenvalue weighted by molar-refractivity contribution is -0.124. The van der Waals surface area contributed by atoms with Crippen molar-refractivity contribution in [1.29, 1.82) is 0 Å². The zero-order valence-corrected chi connectivity index (χ0v) is 20.4. The molecule has 34 heavy (non-hydrogen) atoms. The molecule has 0 aliphatic carbocycles. The summed E-state index contributed by atoms with van der Waals surface area (Å²) in [5.74, 6) is 1.29. The number of rotatable bonds is 10. The van der Waals surface area contributed by atoms with E-state index in [1.165, 1.54) is 0 Å². The van der Waals surface area contributed by atoms with Crippen molar-refractivity contribution in [1.82, 2.24) is 20.4 Å². The molecule has 3 aromatic rings. The molecule has 1 amide bonds. The lowest BCUT2D eigenvalue weighted by Crippen LogP contribution is -2.36. The van der Waals surface area contributed by atoms with Crippen molar-refractivity contribution in [2.45, 2.75) is 40.2 Å².